The van der Waals surface area contributed by atoms with E-state index in [2.05, 4.69) is 63.4 Å². The Bertz CT molecular complexity index is 787. The van der Waals surface area contributed by atoms with Crippen LogP contribution in [0.15, 0.2) is 60.9 Å². The predicted molar refractivity (Wildman–Crippen MR) is 99.2 cm³/mol. The van der Waals surface area contributed by atoms with Gasteiger partial charge in [-0.15, -0.1) is 0 Å². The maximum atomic E-state index is 4.56. The number of para-hydroxylation sites is 1. The number of rotatable bonds is 4. The smallest absolute Gasteiger partial charge is 0.139 e. The van der Waals surface area contributed by atoms with Gasteiger partial charge in [0.15, 0.2) is 0 Å². The Morgan fingerprint density at radius 3 is 2.46 bits per heavy atom. The van der Waals surface area contributed by atoms with Gasteiger partial charge in [0.25, 0.3) is 0 Å². The highest BCUT2D eigenvalue weighted by Gasteiger charge is 2.21. The summed E-state index contributed by atoms with van der Waals surface area (Å²) in [6, 6.07) is 19.1. The molecule has 0 radical (unpaired) electrons. The number of piperidine rings is 1. The molecule has 0 bridgehead atoms. The number of aromatic nitrogens is 2. The Morgan fingerprint density at radius 1 is 0.875 bits per heavy atom. The molecular formula is C21H23N3. The molecule has 1 aliphatic heterocycles. The molecule has 3 nitrogen and oxygen atoms in total. The van der Waals surface area contributed by atoms with Gasteiger partial charge < -0.3 is 4.90 Å². The van der Waals surface area contributed by atoms with E-state index in [1.807, 2.05) is 6.07 Å². The summed E-state index contributed by atoms with van der Waals surface area (Å²) in [4.78, 5) is 11.4. The normalized spacial score (nSPS) is 15.8. The van der Waals surface area contributed by atoms with Gasteiger partial charge in [-0.25, -0.2) is 9.97 Å². The number of aryl methyl sites for hydroxylation is 1. The van der Waals surface area contributed by atoms with Crippen molar-refractivity contribution in [3.05, 3.63) is 66.5 Å². The lowest BCUT2D eigenvalue weighted by Gasteiger charge is -2.33. The highest BCUT2D eigenvalue weighted by molar-refractivity contribution is 5.89. The molecule has 0 spiro atoms. The second-order valence-corrected chi connectivity index (χ2v) is 6.67. The van der Waals surface area contributed by atoms with Crippen LogP contribution >= 0.6 is 0 Å². The summed E-state index contributed by atoms with van der Waals surface area (Å²) in [7, 11) is 0. The Kier molecular flexibility index (Phi) is 4.41. The van der Waals surface area contributed by atoms with Crippen LogP contribution in [0.4, 0.5) is 5.82 Å². The van der Waals surface area contributed by atoms with E-state index in [4.69, 9.17) is 0 Å². The molecule has 24 heavy (non-hydrogen) atoms. The van der Waals surface area contributed by atoms with Crippen molar-refractivity contribution in [2.45, 2.75) is 25.7 Å². The molecule has 1 fully saturated rings. The van der Waals surface area contributed by atoms with Crippen LogP contribution in [0, 0.1) is 5.92 Å². The summed E-state index contributed by atoms with van der Waals surface area (Å²) in [5.41, 5.74) is 2.50. The lowest BCUT2D eigenvalue weighted by molar-refractivity contribution is 0.381. The molecule has 0 amide bonds. The van der Waals surface area contributed by atoms with Crippen molar-refractivity contribution in [1.29, 1.82) is 0 Å². The summed E-state index contributed by atoms with van der Waals surface area (Å²) < 4.78 is 0. The van der Waals surface area contributed by atoms with Gasteiger partial charge in [0.05, 0.1) is 5.52 Å². The van der Waals surface area contributed by atoms with Crippen molar-refractivity contribution in [2.24, 2.45) is 5.92 Å². The minimum atomic E-state index is 0.828. The molecule has 2 aromatic carbocycles. The molecule has 0 N–H and O–H groups in total. The number of benzene rings is 2. The fourth-order valence-electron chi connectivity index (χ4n) is 3.69. The van der Waals surface area contributed by atoms with E-state index in [9.17, 15) is 0 Å². The zero-order valence-corrected chi connectivity index (χ0v) is 13.9. The number of fused-ring (bicyclic) bond motifs is 1. The number of anilines is 1. The van der Waals surface area contributed by atoms with Gasteiger partial charge in [-0.3, -0.25) is 0 Å². The average molecular weight is 317 g/mol. The van der Waals surface area contributed by atoms with Crippen LogP contribution in [0.5, 0.6) is 0 Å². The summed E-state index contributed by atoms with van der Waals surface area (Å²) >= 11 is 0. The first-order valence-electron chi connectivity index (χ1n) is 8.89. The highest BCUT2D eigenvalue weighted by atomic mass is 15.2. The lowest BCUT2D eigenvalue weighted by Crippen LogP contribution is -2.34. The van der Waals surface area contributed by atoms with Gasteiger partial charge in [-0.1, -0.05) is 42.5 Å². The zero-order chi connectivity index (χ0) is 16.2. The number of hydrogen-bond acceptors (Lipinski definition) is 3. The molecule has 3 heteroatoms. The van der Waals surface area contributed by atoms with E-state index in [1.54, 1.807) is 6.33 Å². The van der Waals surface area contributed by atoms with Crippen molar-refractivity contribution >= 4 is 16.7 Å². The zero-order valence-electron chi connectivity index (χ0n) is 13.9. The van der Waals surface area contributed by atoms with Gasteiger partial charge in [0.1, 0.15) is 12.1 Å². The fraction of sp³-hybridized carbons (Fsp3) is 0.333. The fourth-order valence-corrected chi connectivity index (χ4v) is 3.69. The van der Waals surface area contributed by atoms with Gasteiger partial charge in [0.2, 0.25) is 0 Å². The monoisotopic (exact) mass is 317 g/mol. The van der Waals surface area contributed by atoms with Crippen LogP contribution < -0.4 is 4.90 Å². The third-order valence-electron chi connectivity index (χ3n) is 5.12. The van der Waals surface area contributed by atoms with Crippen LogP contribution in [-0.4, -0.2) is 23.1 Å². The van der Waals surface area contributed by atoms with Crippen LogP contribution in [0.1, 0.15) is 24.8 Å². The van der Waals surface area contributed by atoms with Gasteiger partial charge >= 0.3 is 0 Å². The first kappa shape index (κ1) is 15.1. The minimum absolute atomic E-state index is 0.828. The van der Waals surface area contributed by atoms with Gasteiger partial charge in [-0.2, -0.15) is 0 Å². The summed E-state index contributed by atoms with van der Waals surface area (Å²) in [5, 5.41) is 1.17. The van der Waals surface area contributed by atoms with Crippen molar-refractivity contribution in [3.63, 3.8) is 0 Å². The SMILES string of the molecule is c1ccc(CCC2CCN(c3ncnc4ccccc34)CC2)cc1. The van der Waals surface area contributed by atoms with Gasteiger partial charge in [0, 0.05) is 18.5 Å². The molecule has 3 aromatic rings. The predicted octanol–water partition coefficient (Wildman–Crippen LogP) is 4.48. The first-order valence-corrected chi connectivity index (χ1v) is 8.89. The second kappa shape index (κ2) is 7.00. The van der Waals surface area contributed by atoms with E-state index in [0.717, 1.165) is 30.3 Å². The molecule has 0 unspecified atom stereocenters. The van der Waals surface area contributed by atoms with Crippen LogP contribution in [0.25, 0.3) is 10.9 Å². The summed E-state index contributed by atoms with van der Waals surface area (Å²) in [6.07, 6.45) is 6.69. The Labute approximate surface area is 143 Å². The number of hydrogen-bond donors (Lipinski definition) is 0. The van der Waals surface area contributed by atoms with Gasteiger partial charge in [-0.05, 0) is 49.3 Å². The van der Waals surface area contributed by atoms with E-state index >= 15 is 0 Å². The van der Waals surface area contributed by atoms with Crippen molar-refractivity contribution in [1.82, 2.24) is 9.97 Å². The Morgan fingerprint density at radius 2 is 1.62 bits per heavy atom. The molecule has 0 saturated carbocycles. The highest BCUT2D eigenvalue weighted by Crippen LogP contribution is 2.29. The van der Waals surface area contributed by atoms with E-state index in [0.29, 0.717) is 0 Å². The third-order valence-corrected chi connectivity index (χ3v) is 5.12. The molecular weight excluding hydrogens is 294 g/mol. The lowest BCUT2D eigenvalue weighted by atomic mass is 9.90. The maximum absolute atomic E-state index is 4.56. The summed E-state index contributed by atoms with van der Waals surface area (Å²) in [6.45, 7) is 2.20. The molecule has 2 heterocycles. The van der Waals surface area contributed by atoms with E-state index < -0.39 is 0 Å². The van der Waals surface area contributed by atoms with Crippen molar-refractivity contribution in [2.75, 3.05) is 18.0 Å². The molecule has 1 saturated heterocycles. The third kappa shape index (κ3) is 3.25. The first-order chi connectivity index (χ1) is 11.9. The molecule has 1 aliphatic rings. The maximum Gasteiger partial charge on any atom is 0.139 e. The Balaban J connectivity index is 1.39. The van der Waals surface area contributed by atoms with Crippen LogP contribution in [0.2, 0.25) is 0 Å². The van der Waals surface area contributed by atoms with E-state index in [-0.39, 0.29) is 0 Å². The standard InChI is InChI=1S/C21H23N3/c1-2-6-17(7-3-1)10-11-18-12-14-24(15-13-18)21-19-8-4-5-9-20(19)22-16-23-21/h1-9,16,18H,10-15H2. The molecule has 1 aromatic heterocycles. The molecule has 0 atom stereocenters. The van der Waals surface area contributed by atoms with Crippen LogP contribution in [0.3, 0.4) is 0 Å². The van der Waals surface area contributed by atoms with Crippen LogP contribution in [-0.2, 0) is 6.42 Å². The average Bonchev–Trinajstić information content (AvgIpc) is 2.67. The second-order valence-electron chi connectivity index (χ2n) is 6.67. The van der Waals surface area contributed by atoms with Crippen molar-refractivity contribution < 1.29 is 0 Å². The van der Waals surface area contributed by atoms with Crippen molar-refractivity contribution in [3.8, 4) is 0 Å². The summed E-state index contributed by atoms with van der Waals surface area (Å²) in [5.74, 6) is 1.93. The largest absolute Gasteiger partial charge is 0.356 e. The van der Waals surface area contributed by atoms with E-state index in [1.165, 1.54) is 36.6 Å². The number of nitrogens with zero attached hydrogens (tertiary/aromatic N) is 3. The Hall–Kier alpha value is -2.42. The minimum Gasteiger partial charge on any atom is -0.356 e. The quantitative estimate of drug-likeness (QED) is 0.710. The molecule has 0 aliphatic carbocycles. The molecule has 122 valence electrons. The topological polar surface area (TPSA) is 29.0 Å². The molecule has 4 rings (SSSR count).